The van der Waals surface area contributed by atoms with Gasteiger partial charge in [0.15, 0.2) is 0 Å². The van der Waals surface area contributed by atoms with Crippen LogP contribution in [0.25, 0.3) is 0 Å². The molecule has 5 heteroatoms. The zero-order chi connectivity index (χ0) is 17.2. The predicted molar refractivity (Wildman–Crippen MR) is 94.9 cm³/mol. The van der Waals surface area contributed by atoms with E-state index in [2.05, 4.69) is 11.8 Å². The van der Waals surface area contributed by atoms with E-state index in [9.17, 15) is 4.79 Å². The van der Waals surface area contributed by atoms with E-state index >= 15 is 0 Å². The van der Waals surface area contributed by atoms with Crippen molar-refractivity contribution in [3.8, 4) is 0 Å². The van der Waals surface area contributed by atoms with E-state index in [0.29, 0.717) is 34.8 Å². The summed E-state index contributed by atoms with van der Waals surface area (Å²) in [5.74, 6) is 0.641. The second-order valence-corrected chi connectivity index (χ2v) is 8.24. The molecule has 1 aromatic carbocycles. The number of hydrogen-bond donors (Lipinski definition) is 0. The second kappa shape index (κ2) is 7.42. The summed E-state index contributed by atoms with van der Waals surface area (Å²) in [6.07, 6.45) is 0.463. The molecule has 0 unspecified atom stereocenters. The van der Waals surface area contributed by atoms with E-state index in [1.165, 1.54) is 0 Å². The standard InChI is InChI=1S/C18H25Cl2NO2/c1-12-9-21(11-14-15(19)6-5-7-16(14)20)10-13(12)8-17(22)23-18(2,3)4/h5-7,12-13H,8-11H2,1-4H3/t12-,13+/m0/s1. The van der Waals surface area contributed by atoms with E-state index < -0.39 is 5.60 Å². The van der Waals surface area contributed by atoms with Crippen molar-refractivity contribution < 1.29 is 9.53 Å². The van der Waals surface area contributed by atoms with Gasteiger partial charge in [-0.25, -0.2) is 0 Å². The summed E-state index contributed by atoms with van der Waals surface area (Å²) in [4.78, 5) is 14.4. The first kappa shape index (κ1) is 18.6. The van der Waals surface area contributed by atoms with Crippen LogP contribution in [0.3, 0.4) is 0 Å². The second-order valence-electron chi connectivity index (χ2n) is 7.42. The van der Waals surface area contributed by atoms with Gasteiger partial charge < -0.3 is 4.74 Å². The predicted octanol–water partition coefficient (Wildman–Crippen LogP) is 4.79. The third-order valence-electron chi connectivity index (χ3n) is 4.14. The third kappa shape index (κ3) is 5.37. The summed E-state index contributed by atoms with van der Waals surface area (Å²) in [5, 5.41) is 1.39. The Bertz CT molecular complexity index is 548. The number of halogens is 2. The number of ether oxygens (including phenoxy) is 1. The van der Waals surface area contributed by atoms with Gasteiger partial charge in [0.05, 0.1) is 0 Å². The average Bonchev–Trinajstić information content (AvgIpc) is 2.72. The van der Waals surface area contributed by atoms with Gasteiger partial charge >= 0.3 is 5.97 Å². The summed E-state index contributed by atoms with van der Waals surface area (Å²) in [5.41, 5.74) is 0.532. The van der Waals surface area contributed by atoms with Gasteiger partial charge in [-0.1, -0.05) is 36.2 Å². The average molecular weight is 358 g/mol. The zero-order valence-electron chi connectivity index (χ0n) is 14.2. The minimum Gasteiger partial charge on any atom is -0.460 e. The Kier molecular flexibility index (Phi) is 5.99. The first-order chi connectivity index (χ1) is 10.7. The number of rotatable bonds is 4. The van der Waals surface area contributed by atoms with Crippen molar-refractivity contribution in [2.75, 3.05) is 13.1 Å². The zero-order valence-corrected chi connectivity index (χ0v) is 15.7. The molecule has 1 heterocycles. The van der Waals surface area contributed by atoms with Gasteiger partial charge in [0.25, 0.3) is 0 Å². The van der Waals surface area contributed by atoms with Crippen LogP contribution in [0.1, 0.15) is 39.7 Å². The van der Waals surface area contributed by atoms with Gasteiger partial charge in [0, 0.05) is 41.7 Å². The number of hydrogen-bond acceptors (Lipinski definition) is 3. The molecule has 0 amide bonds. The number of carbonyl (C=O) groups excluding carboxylic acids is 1. The van der Waals surface area contributed by atoms with Crippen LogP contribution in [0.2, 0.25) is 10.0 Å². The number of benzene rings is 1. The van der Waals surface area contributed by atoms with Gasteiger partial charge in [0.1, 0.15) is 5.60 Å². The van der Waals surface area contributed by atoms with Crippen LogP contribution in [-0.2, 0) is 16.1 Å². The van der Waals surface area contributed by atoms with Crippen molar-refractivity contribution in [3.05, 3.63) is 33.8 Å². The fourth-order valence-corrected chi connectivity index (χ4v) is 3.56. The van der Waals surface area contributed by atoms with Gasteiger partial charge in [-0.15, -0.1) is 0 Å². The Balaban J connectivity index is 1.95. The molecule has 0 aliphatic carbocycles. The molecule has 0 radical (unpaired) electrons. The van der Waals surface area contributed by atoms with Crippen LogP contribution in [0.5, 0.6) is 0 Å². The molecular weight excluding hydrogens is 333 g/mol. The molecule has 0 saturated carbocycles. The molecule has 0 bridgehead atoms. The van der Waals surface area contributed by atoms with Crippen molar-refractivity contribution in [3.63, 3.8) is 0 Å². The monoisotopic (exact) mass is 357 g/mol. The van der Waals surface area contributed by atoms with E-state index in [4.69, 9.17) is 27.9 Å². The molecule has 23 heavy (non-hydrogen) atoms. The molecule has 1 aromatic rings. The van der Waals surface area contributed by atoms with Crippen molar-refractivity contribution in [1.82, 2.24) is 4.90 Å². The Hall–Kier alpha value is -0.770. The molecule has 0 aromatic heterocycles. The van der Waals surface area contributed by atoms with Gasteiger partial charge in [-0.3, -0.25) is 9.69 Å². The normalized spacial score (nSPS) is 22.3. The molecule has 1 aliphatic rings. The van der Waals surface area contributed by atoms with Crippen LogP contribution >= 0.6 is 23.2 Å². The fraction of sp³-hybridized carbons (Fsp3) is 0.611. The van der Waals surface area contributed by atoms with Crippen molar-refractivity contribution in [2.45, 2.75) is 46.3 Å². The topological polar surface area (TPSA) is 29.5 Å². The molecule has 1 saturated heterocycles. The van der Waals surface area contributed by atoms with E-state index in [-0.39, 0.29) is 5.97 Å². The molecule has 0 spiro atoms. The van der Waals surface area contributed by atoms with E-state index in [1.54, 1.807) is 0 Å². The lowest BCUT2D eigenvalue weighted by molar-refractivity contribution is -0.156. The molecule has 2 rings (SSSR count). The number of likely N-dealkylation sites (tertiary alicyclic amines) is 1. The maximum Gasteiger partial charge on any atom is 0.306 e. The minimum absolute atomic E-state index is 0.119. The Morgan fingerprint density at radius 2 is 1.87 bits per heavy atom. The van der Waals surface area contributed by atoms with E-state index in [1.807, 2.05) is 39.0 Å². The quantitative estimate of drug-likeness (QED) is 0.725. The molecule has 0 N–H and O–H groups in total. The maximum absolute atomic E-state index is 12.1. The highest BCUT2D eigenvalue weighted by molar-refractivity contribution is 6.35. The van der Waals surface area contributed by atoms with E-state index in [0.717, 1.165) is 18.7 Å². The van der Waals surface area contributed by atoms with Crippen molar-refractivity contribution in [2.24, 2.45) is 11.8 Å². The summed E-state index contributed by atoms with van der Waals surface area (Å²) in [6.45, 7) is 10.4. The smallest absolute Gasteiger partial charge is 0.306 e. The lowest BCUT2D eigenvalue weighted by Crippen LogP contribution is -2.27. The fourth-order valence-electron chi connectivity index (χ4n) is 3.04. The van der Waals surface area contributed by atoms with Gasteiger partial charge in [0.2, 0.25) is 0 Å². The summed E-state index contributed by atoms with van der Waals surface area (Å²) in [6, 6.07) is 5.58. The summed E-state index contributed by atoms with van der Waals surface area (Å²) in [7, 11) is 0. The number of carbonyl (C=O) groups is 1. The Morgan fingerprint density at radius 3 is 2.43 bits per heavy atom. The van der Waals surface area contributed by atoms with Crippen molar-refractivity contribution in [1.29, 1.82) is 0 Å². The SMILES string of the molecule is C[C@H]1CN(Cc2c(Cl)cccc2Cl)C[C@H]1CC(=O)OC(C)(C)C. The Labute approximate surface area is 148 Å². The molecule has 3 nitrogen and oxygen atoms in total. The minimum atomic E-state index is -0.427. The molecule has 2 atom stereocenters. The van der Waals surface area contributed by atoms with Crippen molar-refractivity contribution >= 4 is 29.2 Å². The largest absolute Gasteiger partial charge is 0.460 e. The van der Waals surface area contributed by atoms with Crippen LogP contribution < -0.4 is 0 Å². The third-order valence-corrected chi connectivity index (χ3v) is 4.84. The highest BCUT2D eigenvalue weighted by atomic mass is 35.5. The lowest BCUT2D eigenvalue weighted by atomic mass is 9.95. The summed E-state index contributed by atoms with van der Waals surface area (Å²) < 4.78 is 5.44. The molecule has 1 fully saturated rings. The number of esters is 1. The maximum atomic E-state index is 12.1. The number of nitrogens with zero attached hydrogens (tertiary/aromatic N) is 1. The van der Waals surface area contributed by atoms with Crippen LogP contribution in [0.4, 0.5) is 0 Å². The summed E-state index contributed by atoms with van der Waals surface area (Å²) >= 11 is 12.5. The Morgan fingerprint density at radius 1 is 1.26 bits per heavy atom. The highest BCUT2D eigenvalue weighted by Gasteiger charge is 2.32. The van der Waals surface area contributed by atoms with Crippen LogP contribution in [-0.4, -0.2) is 29.6 Å². The van der Waals surface area contributed by atoms with Crippen LogP contribution in [0, 0.1) is 11.8 Å². The molecule has 1 aliphatic heterocycles. The molecule has 128 valence electrons. The first-order valence-electron chi connectivity index (χ1n) is 8.03. The first-order valence-corrected chi connectivity index (χ1v) is 8.78. The van der Waals surface area contributed by atoms with Gasteiger partial charge in [-0.2, -0.15) is 0 Å². The van der Waals surface area contributed by atoms with Gasteiger partial charge in [-0.05, 0) is 44.7 Å². The van der Waals surface area contributed by atoms with Crippen LogP contribution in [0.15, 0.2) is 18.2 Å². The highest BCUT2D eigenvalue weighted by Crippen LogP contribution is 2.31. The lowest BCUT2D eigenvalue weighted by Gasteiger charge is -2.22. The molecular formula is C18H25Cl2NO2.